The monoisotopic (exact) mass is 391 g/mol. The Labute approximate surface area is 164 Å². The van der Waals surface area contributed by atoms with Crippen molar-refractivity contribution in [2.24, 2.45) is 0 Å². The first-order chi connectivity index (χ1) is 13.5. The number of imidazole rings is 1. The summed E-state index contributed by atoms with van der Waals surface area (Å²) in [7, 11) is -3.60. The van der Waals surface area contributed by atoms with Gasteiger partial charge in [0.25, 0.3) is 0 Å². The normalized spacial score (nSPS) is 11.6. The standard InChI is InChI=1S/C22H21N3O2S/c1-18-8-7-9-19(14-18)17-28(26,27)25(20-10-3-2-4-11-20)16-21-15-23-22-12-5-6-13-24(21)22/h2-15H,16-17H2,1H3. The van der Waals surface area contributed by atoms with Crippen molar-refractivity contribution in [3.8, 4) is 0 Å². The number of hydrogen-bond donors (Lipinski definition) is 0. The van der Waals surface area contributed by atoms with Gasteiger partial charge in [-0.25, -0.2) is 13.4 Å². The Balaban J connectivity index is 1.73. The van der Waals surface area contributed by atoms with E-state index in [1.54, 1.807) is 6.20 Å². The van der Waals surface area contributed by atoms with Crippen LogP contribution < -0.4 is 4.31 Å². The molecule has 0 N–H and O–H groups in total. The van der Waals surface area contributed by atoms with Gasteiger partial charge in [-0.2, -0.15) is 0 Å². The molecule has 0 spiro atoms. The van der Waals surface area contributed by atoms with E-state index in [9.17, 15) is 8.42 Å². The van der Waals surface area contributed by atoms with Crippen LogP contribution in [0.5, 0.6) is 0 Å². The van der Waals surface area contributed by atoms with Crippen molar-refractivity contribution in [2.75, 3.05) is 4.31 Å². The lowest BCUT2D eigenvalue weighted by Crippen LogP contribution is -2.32. The minimum absolute atomic E-state index is 0.0552. The van der Waals surface area contributed by atoms with E-state index >= 15 is 0 Å². The van der Waals surface area contributed by atoms with Crippen LogP contribution in [0.4, 0.5) is 5.69 Å². The number of anilines is 1. The molecule has 0 unspecified atom stereocenters. The maximum atomic E-state index is 13.4. The second kappa shape index (κ2) is 7.48. The molecule has 6 heteroatoms. The number of sulfonamides is 1. The van der Waals surface area contributed by atoms with Crippen LogP contribution in [-0.4, -0.2) is 17.8 Å². The molecule has 2 aromatic carbocycles. The van der Waals surface area contributed by atoms with Crippen LogP contribution in [0.1, 0.15) is 16.8 Å². The molecule has 2 aromatic heterocycles. The summed E-state index contributed by atoms with van der Waals surface area (Å²) >= 11 is 0. The molecular formula is C22H21N3O2S. The van der Waals surface area contributed by atoms with Crippen molar-refractivity contribution < 1.29 is 8.42 Å². The van der Waals surface area contributed by atoms with E-state index in [1.165, 1.54) is 4.31 Å². The van der Waals surface area contributed by atoms with E-state index in [0.717, 1.165) is 22.5 Å². The van der Waals surface area contributed by atoms with Gasteiger partial charge in [0, 0.05) is 6.20 Å². The second-order valence-electron chi connectivity index (χ2n) is 6.77. The zero-order valence-electron chi connectivity index (χ0n) is 15.6. The number of fused-ring (bicyclic) bond motifs is 1. The van der Waals surface area contributed by atoms with Gasteiger partial charge in [-0.15, -0.1) is 0 Å². The third kappa shape index (κ3) is 3.77. The minimum Gasteiger partial charge on any atom is -0.302 e. The van der Waals surface area contributed by atoms with Crippen LogP contribution in [0.25, 0.3) is 5.65 Å². The van der Waals surface area contributed by atoms with Crippen molar-refractivity contribution in [3.05, 3.63) is 102 Å². The van der Waals surface area contributed by atoms with Gasteiger partial charge in [-0.05, 0) is 36.8 Å². The van der Waals surface area contributed by atoms with Gasteiger partial charge in [-0.3, -0.25) is 4.31 Å². The highest BCUT2D eigenvalue weighted by Crippen LogP contribution is 2.24. The van der Waals surface area contributed by atoms with Crippen molar-refractivity contribution >= 4 is 21.4 Å². The second-order valence-corrected chi connectivity index (χ2v) is 8.66. The molecule has 0 saturated heterocycles. The Morgan fingerprint density at radius 3 is 2.54 bits per heavy atom. The summed E-state index contributed by atoms with van der Waals surface area (Å²) in [6, 6.07) is 22.5. The lowest BCUT2D eigenvalue weighted by molar-refractivity contribution is 0.589. The van der Waals surface area contributed by atoms with Gasteiger partial charge in [0.1, 0.15) is 5.65 Å². The Morgan fingerprint density at radius 1 is 0.964 bits per heavy atom. The molecule has 4 aromatic rings. The van der Waals surface area contributed by atoms with Gasteiger partial charge < -0.3 is 4.40 Å². The van der Waals surface area contributed by atoms with Gasteiger partial charge in [0.2, 0.25) is 10.0 Å². The number of hydrogen-bond acceptors (Lipinski definition) is 3. The first-order valence-corrected chi connectivity index (χ1v) is 10.7. The summed E-state index contributed by atoms with van der Waals surface area (Å²) in [4.78, 5) is 4.38. The van der Waals surface area contributed by atoms with E-state index in [0.29, 0.717) is 5.69 Å². The Hall–Kier alpha value is -3.12. The molecule has 28 heavy (non-hydrogen) atoms. The predicted molar refractivity (Wildman–Crippen MR) is 112 cm³/mol. The van der Waals surface area contributed by atoms with Crippen molar-refractivity contribution in [1.29, 1.82) is 0 Å². The zero-order chi connectivity index (χ0) is 19.6. The summed E-state index contributed by atoms with van der Waals surface area (Å²) in [5, 5.41) is 0. The summed E-state index contributed by atoms with van der Waals surface area (Å²) in [5.41, 5.74) is 4.06. The molecule has 0 aliphatic rings. The van der Waals surface area contributed by atoms with Gasteiger partial charge in [0.05, 0.1) is 29.9 Å². The zero-order valence-corrected chi connectivity index (χ0v) is 16.4. The summed E-state index contributed by atoms with van der Waals surface area (Å²) in [6.45, 7) is 2.17. The Morgan fingerprint density at radius 2 is 1.75 bits per heavy atom. The van der Waals surface area contributed by atoms with Crippen LogP contribution in [0.2, 0.25) is 0 Å². The molecular weight excluding hydrogens is 370 g/mol. The fourth-order valence-corrected chi connectivity index (χ4v) is 4.81. The average molecular weight is 391 g/mol. The fraction of sp³-hybridized carbons (Fsp3) is 0.136. The molecule has 0 atom stereocenters. The minimum atomic E-state index is -3.60. The maximum Gasteiger partial charge on any atom is 0.239 e. The quantitative estimate of drug-likeness (QED) is 0.495. The Bertz CT molecular complexity index is 1200. The third-order valence-electron chi connectivity index (χ3n) is 4.61. The van der Waals surface area contributed by atoms with Crippen LogP contribution in [0, 0.1) is 6.92 Å². The van der Waals surface area contributed by atoms with Crippen molar-refractivity contribution in [3.63, 3.8) is 0 Å². The smallest absolute Gasteiger partial charge is 0.239 e. The van der Waals surface area contributed by atoms with Gasteiger partial charge in [0.15, 0.2) is 0 Å². The highest BCUT2D eigenvalue weighted by atomic mass is 32.2. The summed E-state index contributed by atoms with van der Waals surface area (Å²) < 4.78 is 30.1. The van der Waals surface area contributed by atoms with Crippen LogP contribution in [0.3, 0.4) is 0 Å². The van der Waals surface area contributed by atoms with E-state index in [-0.39, 0.29) is 12.3 Å². The van der Waals surface area contributed by atoms with E-state index in [1.807, 2.05) is 90.3 Å². The number of aromatic nitrogens is 2. The topological polar surface area (TPSA) is 54.7 Å². The molecule has 4 rings (SSSR count). The lowest BCUT2D eigenvalue weighted by Gasteiger charge is -2.24. The van der Waals surface area contributed by atoms with Crippen molar-refractivity contribution in [1.82, 2.24) is 9.38 Å². The van der Waals surface area contributed by atoms with Crippen LogP contribution >= 0.6 is 0 Å². The SMILES string of the molecule is Cc1cccc(CS(=O)(=O)N(Cc2cnc3ccccn23)c2ccccc2)c1. The summed E-state index contributed by atoms with van der Waals surface area (Å²) in [6.07, 6.45) is 3.63. The number of aryl methyl sites for hydroxylation is 1. The summed E-state index contributed by atoms with van der Waals surface area (Å²) in [5.74, 6) is -0.0552. The molecule has 0 radical (unpaired) electrons. The molecule has 0 bridgehead atoms. The highest BCUT2D eigenvalue weighted by Gasteiger charge is 2.24. The fourth-order valence-electron chi connectivity index (χ4n) is 3.28. The molecule has 2 heterocycles. The van der Waals surface area contributed by atoms with E-state index < -0.39 is 10.0 Å². The number of para-hydroxylation sites is 1. The van der Waals surface area contributed by atoms with Gasteiger partial charge >= 0.3 is 0 Å². The molecule has 142 valence electrons. The predicted octanol–water partition coefficient (Wildman–Crippen LogP) is 4.18. The van der Waals surface area contributed by atoms with E-state index in [2.05, 4.69) is 4.98 Å². The average Bonchev–Trinajstić information content (AvgIpc) is 3.09. The van der Waals surface area contributed by atoms with Crippen LogP contribution in [0.15, 0.2) is 85.2 Å². The molecule has 0 fully saturated rings. The first kappa shape index (κ1) is 18.3. The highest BCUT2D eigenvalue weighted by molar-refractivity contribution is 7.92. The number of benzene rings is 2. The third-order valence-corrected chi connectivity index (χ3v) is 6.32. The Kier molecular flexibility index (Phi) is 4.88. The van der Waals surface area contributed by atoms with Crippen LogP contribution in [-0.2, 0) is 22.3 Å². The van der Waals surface area contributed by atoms with Gasteiger partial charge in [-0.1, -0.05) is 54.1 Å². The lowest BCUT2D eigenvalue weighted by atomic mass is 10.2. The molecule has 5 nitrogen and oxygen atoms in total. The number of pyridine rings is 1. The maximum absolute atomic E-state index is 13.4. The van der Waals surface area contributed by atoms with Crippen molar-refractivity contribution in [2.45, 2.75) is 19.2 Å². The number of rotatable bonds is 6. The molecule has 0 saturated carbocycles. The first-order valence-electron chi connectivity index (χ1n) is 9.05. The molecule has 0 amide bonds. The molecule has 0 aliphatic heterocycles. The molecule has 0 aliphatic carbocycles. The largest absolute Gasteiger partial charge is 0.302 e. The number of nitrogens with zero attached hydrogens (tertiary/aromatic N) is 3. The van der Waals surface area contributed by atoms with E-state index in [4.69, 9.17) is 0 Å².